The third-order valence-electron chi connectivity index (χ3n) is 2.78. The topological polar surface area (TPSA) is 81.4 Å². The van der Waals surface area contributed by atoms with E-state index in [0.717, 1.165) is 19.3 Å². The van der Waals surface area contributed by atoms with Crippen molar-refractivity contribution in [1.82, 2.24) is 0 Å². The Morgan fingerprint density at radius 2 is 2.00 bits per heavy atom. The van der Waals surface area contributed by atoms with Gasteiger partial charge in [-0.05, 0) is 18.1 Å². The standard InChI is InChI=1S/C15H22N2O3/c1-2-3-6-9-20-11-15(19)17-13-8-5-4-7-12(13)10-14(16)18/h4-5,7-8H,2-3,6,9-11H2,1H3,(H2,16,18)(H,17,19). The van der Waals surface area contributed by atoms with E-state index in [1.54, 1.807) is 24.3 Å². The number of hydrogen-bond donors (Lipinski definition) is 2. The second-order valence-electron chi connectivity index (χ2n) is 4.61. The molecule has 110 valence electrons. The van der Waals surface area contributed by atoms with Gasteiger partial charge in [0.15, 0.2) is 0 Å². The zero-order valence-corrected chi connectivity index (χ0v) is 11.9. The van der Waals surface area contributed by atoms with E-state index in [2.05, 4.69) is 12.2 Å². The summed E-state index contributed by atoms with van der Waals surface area (Å²) < 4.78 is 5.29. The maximum absolute atomic E-state index is 11.7. The predicted octanol–water partition coefficient (Wildman–Crippen LogP) is 1.86. The molecule has 0 saturated heterocycles. The highest BCUT2D eigenvalue weighted by Crippen LogP contribution is 2.15. The summed E-state index contributed by atoms with van der Waals surface area (Å²) in [5.74, 6) is -0.652. The summed E-state index contributed by atoms with van der Waals surface area (Å²) in [6.07, 6.45) is 3.29. The van der Waals surface area contributed by atoms with Crippen LogP contribution in [0, 0.1) is 0 Å². The fourth-order valence-electron chi connectivity index (χ4n) is 1.79. The van der Waals surface area contributed by atoms with E-state index in [1.165, 1.54) is 0 Å². The normalized spacial score (nSPS) is 10.2. The summed E-state index contributed by atoms with van der Waals surface area (Å²) in [5, 5.41) is 2.74. The van der Waals surface area contributed by atoms with E-state index >= 15 is 0 Å². The van der Waals surface area contributed by atoms with Gasteiger partial charge in [-0.1, -0.05) is 38.0 Å². The number of para-hydroxylation sites is 1. The number of carbonyl (C=O) groups is 2. The lowest BCUT2D eigenvalue weighted by Crippen LogP contribution is -2.21. The average Bonchev–Trinajstić information content (AvgIpc) is 2.40. The monoisotopic (exact) mass is 278 g/mol. The van der Waals surface area contributed by atoms with Gasteiger partial charge in [0.1, 0.15) is 6.61 Å². The summed E-state index contributed by atoms with van der Waals surface area (Å²) in [5.41, 5.74) is 6.49. The molecule has 1 aromatic rings. The van der Waals surface area contributed by atoms with Crippen LogP contribution in [0.5, 0.6) is 0 Å². The van der Waals surface area contributed by atoms with Gasteiger partial charge in [0.25, 0.3) is 0 Å². The Balaban J connectivity index is 2.43. The summed E-state index contributed by atoms with van der Waals surface area (Å²) in [6.45, 7) is 2.72. The number of ether oxygens (including phenoxy) is 1. The van der Waals surface area contributed by atoms with Crippen molar-refractivity contribution in [2.75, 3.05) is 18.5 Å². The van der Waals surface area contributed by atoms with Crippen LogP contribution in [-0.2, 0) is 20.7 Å². The number of nitrogens with two attached hydrogens (primary N) is 1. The van der Waals surface area contributed by atoms with Gasteiger partial charge in [-0.3, -0.25) is 9.59 Å². The van der Waals surface area contributed by atoms with Crippen LogP contribution in [-0.4, -0.2) is 25.0 Å². The van der Waals surface area contributed by atoms with Crippen molar-refractivity contribution in [1.29, 1.82) is 0 Å². The highest BCUT2D eigenvalue weighted by atomic mass is 16.5. The third kappa shape index (κ3) is 6.33. The molecule has 0 aliphatic carbocycles. The molecule has 2 amide bonds. The van der Waals surface area contributed by atoms with Crippen molar-refractivity contribution in [3.05, 3.63) is 29.8 Å². The molecule has 0 unspecified atom stereocenters. The van der Waals surface area contributed by atoms with Gasteiger partial charge >= 0.3 is 0 Å². The second kappa shape index (κ2) is 9.09. The van der Waals surface area contributed by atoms with Crippen molar-refractivity contribution >= 4 is 17.5 Å². The molecule has 1 aromatic carbocycles. The first-order valence-electron chi connectivity index (χ1n) is 6.87. The van der Waals surface area contributed by atoms with E-state index in [0.29, 0.717) is 17.9 Å². The molecular weight excluding hydrogens is 256 g/mol. The summed E-state index contributed by atoms with van der Waals surface area (Å²) in [6, 6.07) is 7.10. The van der Waals surface area contributed by atoms with Crippen LogP contribution >= 0.6 is 0 Å². The first-order chi connectivity index (χ1) is 9.63. The molecule has 5 heteroatoms. The van der Waals surface area contributed by atoms with E-state index in [1.807, 2.05) is 0 Å². The Bertz CT molecular complexity index is 446. The van der Waals surface area contributed by atoms with Gasteiger partial charge in [0, 0.05) is 12.3 Å². The lowest BCUT2D eigenvalue weighted by molar-refractivity contribution is -0.120. The molecule has 0 heterocycles. The molecule has 0 aliphatic rings. The van der Waals surface area contributed by atoms with Gasteiger partial charge in [0.2, 0.25) is 11.8 Å². The van der Waals surface area contributed by atoms with Gasteiger partial charge < -0.3 is 15.8 Å². The fourth-order valence-corrected chi connectivity index (χ4v) is 1.79. The highest BCUT2D eigenvalue weighted by Gasteiger charge is 2.08. The van der Waals surface area contributed by atoms with Crippen LogP contribution in [0.3, 0.4) is 0 Å². The molecule has 0 aliphatic heterocycles. The van der Waals surface area contributed by atoms with Crippen LogP contribution < -0.4 is 11.1 Å². The van der Waals surface area contributed by atoms with Crippen molar-refractivity contribution < 1.29 is 14.3 Å². The van der Waals surface area contributed by atoms with Crippen molar-refractivity contribution in [3.63, 3.8) is 0 Å². The molecule has 3 N–H and O–H groups in total. The minimum Gasteiger partial charge on any atom is -0.372 e. The zero-order chi connectivity index (χ0) is 14.8. The number of primary amides is 1. The Kier molecular flexibility index (Phi) is 7.35. The molecule has 20 heavy (non-hydrogen) atoms. The van der Waals surface area contributed by atoms with Gasteiger partial charge in [-0.15, -0.1) is 0 Å². The van der Waals surface area contributed by atoms with Gasteiger partial charge in [0.05, 0.1) is 6.42 Å². The molecule has 0 radical (unpaired) electrons. The minimum absolute atomic E-state index is 0.0224. The Labute approximate surface area is 119 Å². The fraction of sp³-hybridized carbons (Fsp3) is 0.467. The first kappa shape index (κ1) is 16.2. The number of amides is 2. The second-order valence-corrected chi connectivity index (χ2v) is 4.61. The molecule has 0 saturated carbocycles. The molecule has 0 aromatic heterocycles. The number of anilines is 1. The largest absolute Gasteiger partial charge is 0.372 e. The predicted molar refractivity (Wildman–Crippen MR) is 78.3 cm³/mol. The molecule has 0 spiro atoms. The first-order valence-corrected chi connectivity index (χ1v) is 6.87. The highest BCUT2D eigenvalue weighted by molar-refractivity contribution is 5.93. The number of rotatable bonds is 9. The molecule has 0 atom stereocenters. The lowest BCUT2D eigenvalue weighted by Gasteiger charge is -2.10. The molecule has 0 fully saturated rings. The summed E-state index contributed by atoms with van der Waals surface area (Å²) in [7, 11) is 0. The number of benzene rings is 1. The number of hydrogen-bond acceptors (Lipinski definition) is 3. The average molecular weight is 278 g/mol. The van der Waals surface area contributed by atoms with E-state index < -0.39 is 5.91 Å². The number of nitrogens with one attached hydrogen (secondary N) is 1. The van der Waals surface area contributed by atoms with Crippen molar-refractivity contribution in [3.8, 4) is 0 Å². The smallest absolute Gasteiger partial charge is 0.250 e. The van der Waals surface area contributed by atoms with Crippen LogP contribution in [0.2, 0.25) is 0 Å². The van der Waals surface area contributed by atoms with Crippen molar-refractivity contribution in [2.45, 2.75) is 32.6 Å². The summed E-state index contributed by atoms with van der Waals surface area (Å²) in [4.78, 5) is 22.7. The number of carbonyl (C=O) groups excluding carboxylic acids is 2. The van der Waals surface area contributed by atoms with E-state index in [-0.39, 0.29) is 18.9 Å². The molecule has 1 rings (SSSR count). The molecule has 5 nitrogen and oxygen atoms in total. The van der Waals surface area contributed by atoms with Crippen molar-refractivity contribution in [2.24, 2.45) is 5.73 Å². The minimum atomic E-state index is -0.428. The number of unbranched alkanes of at least 4 members (excludes halogenated alkanes) is 2. The maximum atomic E-state index is 11.7. The Morgan fingerprint density at radius 1 is 1.25 bits per heavy atom. The van der Waals surface area contributed by atoms with Crippen LogP contribution in [0.4, 0.5) is 5.69 Å². The quantitative estimate of drug-likeness (QED) is 0.676. The van der Waals surface area contributed by atoms with Crippen LogP contribution in [0.25, 0.3) is 0 Å². The molecular formula is C15H22N2O3. The lowest BCUT2D eigenvalue weighted by atomic mass is 10.1. The van der Waals surface area contributed by atoms with Gasteiger partial charge in [-0.25, -0.2) is 0 Å². The molecule has 0 bridgehead atoms. The van der Waals surface area contributed by atoms with E-state index in [4.69, 9.17) is 10.5 Å². The zero-order valence-electron chi connectivity index (χ0n) is 11.9. The van der Waals surface area contributed by atoms with E-state index in [9.17, 15) is 9.59 Å². The maximum Gasteiger partial charge on any atom is 0.250 e. The van der Waals surface area contributed by atoms with Gasteiger partial charge in [-0.2, -0.15) is 0 Å². The third-order valence-corrected chi connectivity index (χ3v) is 2.78. The van der Waals surface area contributed by atoms with Crippen LogP contribution in [0.15, 0.2) is 24.3 Å². The SMILES string of the molecule is CCCCCOCC(=O)Nc1ccccc1CC(N)=O. The summed E-state index contributed by atoms with van der Waals surface area (Å²) >= 11 is 0. The Morgan fingerprint density at radius 3 is 2.70 bits per heavy atom. The van der Waals surface area contributed by atoms with Crippen LogP contribution in [0.1, 0.15) is 31.7 Å². The Hall–Kier alpha value is -1.88.